The molecule has 1 heterocycles. The van der Waals surface area contributed by atoms with E-state index in [1.54, 1.807) is 18.2 Å². The molecule has 1 fully saturated rings. The number of hydrogen-bond acceptors (Lipinski definition) is 5. The smallest absolute Gasteiger partial charge is 0.293 e. The Labute approximate surface area is 153 Å². The molecule has 2 amide bonds. The summed E-state index contributed by atoms with van der Waals surface area (Å²) in [4.78, 5) is 25.6. The summed E-state index contributed by atoms with van der Waals surface area (Å²) < 4.78 is 10.2. The number of carbonyl (C=O) groups excluding carboxylic acids is 2. The van der Waals surface area contributed by atoms with Gasteiger partial charge in [-0.25, -0.2) is 0 Å². The van der Waals surface area contributed by atoms with Crippen LogP contribution in [0.5, 0.6) is 5.75 Å². The van der Waals surface area contributed by atoms with Gasteiger partial charge in [0.1, 0.15) is 6.61 Å². The second-order valence-electron chi connectivity index (χ2n) is 4.63. The highest BCUT2D eigenvalue weighted by Crippen LogP contribution is 2.37. The van der Waals surface area contributed by atoms with Crippen LogP contribution in [0, 0.1) is 12.3 Å². The maximum absolute atomic E-state index is 12.3. The molecule has 1 aromatic carbocycles. The number of halogens is 2. The first-order chi connectivity index (χ1) is 11.5. The zero-order valence-electron chi connectivity index (χ0n) is 12.7. The predicted molar refractivity (Wildman–Crippen MR) is 95.3 cm³/mol. The molecule has 126 valence electrons. The summed E-state index contributed by atoms with van der Waals surface area (Å²) >= 11 is 13.1. The molecule has 1 aliphatic rings. The van der Waals surface area contributed by atoms with Crippen molar-refractivity contribution in [2.75, 3.05) is 26.9 Å². The topological polar surface area (TPSA) is 55.8 Å². The second-order valence-corrected chi connectivity index (χ2v) is 6.44. The Balaban J connectivity index is 2.24. The van der Waals surface area contributed by atoms with E-state index in [1.165, 1.54) is 7.11 Å². The van der Waals surface area contributed by atoms with E-state index in [0.29, 0.717) is 10.5 Å². The van der Waals surface area contributed by atoms with Crippen molar-refractivity contribution < 1.29 is 19.1 Å². The average Bonchev–Trinajstić information content (AvgIpc) is 2.78. The fourth-order valence-corrected chi connectivity index (χ4v) is 3.42. The molecule has 0 saturated carbocycles. The molecule has 1 aromatic rings. The standard InChI is InChI=1S/C16H13Cl2NO4S/c1-3-5-23-14-11(17)7-10(8-12(14)18)9-13-15(20)19(4-6-22-2)16(21)24-13/h1,7-9H,4-6H2,2H3/b13-9+. The van der Waals surface area contributed by atoms with Gasteiger partial charge < -0.3 is 9.47 Å². The number of imide groups is 1. The third-order valence-electron chi connectivity index (χ3n) is 3.01. The molecule has 1 aliphatic heterocycles. The van der Waals surface area contributed by atoms with Gasteiger partial charge in [0.2, 0.25) is 0 Å². The minimum atomic E-state index is -0.373. The van der Waals surface area contributed by atoms with Crippen molar-refractivity contribution in [3.8, 4) is 18.1 Å². The number of ether oxygens (including phenoxy) is 2. The van der Waals surface area contributed by atoms with Crippen molar-refractivity contribution in [2.45, 2.75) is 0 Å². The number of hydrogen-bond donors (Lipinski definition) is 0. The van der Waals surface area contributed by atoms with Gasteiger partial charge in [-0.1, -0.05) is 29.1 Å². The minimum absolute atomic E-state index is 0.0389. The van der Waals surface area contributed by atoms with Gasteiger partial charge in [-0.05, 0) is 35.5 Å². The van der Waals surface area contributed by atoms with E-state index in [-0.39, 0.29) is 46.7 Å². The Morgan fingerprint density at radius 3 is 2.58 bits per heavy atom. The van der Waals surface area contributed by atoms with Crippen molar-refractivity contribution in [3.63, 3.8) is 0 Å². The SMILES string of the molecule is C#CCOc1c(Cl)cc(/C=C2/SC(=O)N(CCOC)C2=O)cc1Cl. The number of benzene rings is 1. The van der Waals surface area contributed by atoms with E-state index in [0.717, 1.165) is 16.7 Å². The molecule has 2 rings (SSSR count). The number of amides is 2. The van der Waals surface area contributed by atoms with E-state index in [4.69, 9.17) is 39.1 Å². The molecule has 8 heteroatoms. The number of rotatable bonds is 6. The van der Waals surface area contributed by atoms with Crippen LogP contribution >= 0.6 is 35.0 Å². The van der Waals surface area contributed by atoms with Crippen molar-refractivity contribution >= 4 is 52.2 Å². The van der Waals surface area contributed by atoms with Crippen molar-refractivity contribution in [1.82, 2.24) is 4.90 Å². The van der Waals surface area contributed by atoms with E-state index < -0.39 is 0 Å². The fraction of sp³-hybridized carbons (Fsp3) is 0.250. The van der Waals surface area contributed by atoms with Crippen molar-refractivity contribution in [1.29, 1.82) is 0 Å². The number of thioether (sulfide) groups is 1. The van der Waals surface area contributed by atoms with Crippen LogP contribution < -0.4 is 4.74 Å². The zero-order valence-corrected chi connectivity index (χ0v) is 15.0. The summed E-state index contributed by atoms with van der Waals surface area (Å²) in [6.45, 7) is 0.528. The lowest BCUT2D eigenvalue weighted by atomic mass is 10.2. The summed E-state index contributed by atoms with van der Waals surface area (Å²) in [5, 5.41) is 0.194. The Bertz CT molecular complexity index is 719. The van der Waals surface area contributed by atoms with Gasteiger partial charge in [0, 0.05) is 7.11 Å². The molecular weight excluding hydrogens is 373 g/mol. The normalized spacial score (nSPS) is 15.9. The molecule has 0 atom stereocenters. The van der Waals surface area contributed by atoms with E-state index in [9.17, 15) is 9.59 Å². The Morgan fingerprint density at radius 2 is 2.00 bits per heavy atom. The molecule has 1 saturated heterocycles. The molecule has 0 aromatic heterocycles. The molecule has 0 aliphatic carbocycles. The van der Waals surface area contributed by atoms with Crippen LogP contribution in [0.25, 0.3) is 6.08 Å². The van der Waals surface area contributed by atoms with Crippen LogP contribution in [0.15, 0.2) is 17.0 Å². The molecule has 0 radical (unpaired) electrons. The highest BCUT2D eigenvalue weighted by Gasteiger charge is 2.34. The maximum Gasteiger partial charge on any atom is 0.293 e. The first-order valence-electron chi connectivity index (χ1n) is 6.77. The summed E-state index contributed by atoms with van der Waals surface area (Å²) in [6, 6.07) is 3.17. The van der Waals surface area contributed by atoms with Gasteiger partial charge >= 0.3 is 0 Å². The quantitative estimate of drug-likeness (QED) is 0.552. The molecule has 0 N–H and O–H groups in total. The van der Waals surface area contributed by atoms with Crippen molar-refractivity contribution in [3.05, 3.63) is 32.6 Å². The molecular formula is C16H13Cl2NO4S. The molecule has 0 unspecified atom stereocenters. The average molecular weight is 386 g/mol. The van der Waals surface area contributed by atoms with Crippen molar-refractivity contribution in [2.24, 2.45) is 0 Å². The van der Waals surface area contributed by atoms with Crippen LogP contribution in [0.1, 0.15) is 5.56 Å². The molecule has 24 heavy (non-hydrogen) atoms. The maximum atomic E-state index is 12.3. The largest absolute Gasteiger partial charge is 0.478 e. The summed E-state index contributed by atoms with van der Waals surface area (Å²) in [5.74, 6) is 2.23. The predicted octanol–water partition coefficient (Wildman–Crippen LogP) is 3.69. The molecule has 0 bridgehead atoms. The van der Waals surface area contributed by atoms with Crippen LogP contribution in [0.3, 0.4) is 0 Å². The lowest BCUT2D eigenvalue weighted by Gasteiger charge is -2.11. The zero-order chi connectivity index (χ0) is 17.7. The van der Waals surface area contributed by atoms with Gasteiger partial charge in [-0.3, -0.25) is 14.5 Å². The second kappa shape index (κ2) is 8.45. The van der Waals surface area contributed by atoms with Gasteiger partial charge in [0.15, 0.2) is 5.75 Å². The lowest BCUT2D eigenvalue weighted by Crippen LogP contribution is -2.31. The Kier molecular flexibility index (Phi) is 6.58. The van der Waals surface area contributed by atoms with Gasteiger partial charge in [-0.2, -0.15) is 0 Å². The van der Waals surface area contributed by atoms with Crippen LogP contribution in [0.2, 0.25) is 10.0 Å². The number of carbonyl (C=O) groups is 2. The van der Waals surface area contributed by atoms with Crippen LogP contribution in [-0.4, -0.2) is 42.9 Å². The Morgan fingerprint density at radius 1 is 1.33 bits per heavy atom. The monoisotopic (exact) mass is 385 g/mol. The highest BCUT2D eigenvalue weighted by molar-refractivity contribution is 8.18. The summed E-state index contributed by atoms with van der Waals surface area (Å²) in [6.07, 6.45) is 6.69. The fourth-order valence-electron chi connectivity index (χ4n) is 1.94. The van der Waals surface area contributed by atoms with E-state index in [1.807, 2.05) is 0 Å². The lowest BCUT2D eigenvalue weighted by molar-refractivity contribution is -0.123. The van der Waals surface area contributed by atoms with Crippen LogP contribution in [0.4, 0.5) is 4.79 Å². The first kappa shape index (κ1) is 18.7. The third kappa shape index (κ3) is 4.25. The number of methoxy groups -OCH3 is 1. The first-order valence-corrected chi connectivity index (χ1v) is 8.34. The molecule has 5 nitrogen and oxygen atoms in total. The Hall–Kier alpha value is -1.65. The van der Waals surface area contributed by atoms with Gasteiger partial charge in [0.25, 0.3) is 11.1 Å². The summed E-state index contributed by atoms with van der Waals surface area (Å²) in [5.41, 5.74) is 0.579. The molecule has 0 spiro atoms. The van der Waals surface area contributed by atoms with E-state index >= 15 is 0 Å². The van der Waals surface area contributed by atoms with Gasteiger partial charge in [0.05, 0.1) is 28.1 Å². The van der Waals surface area contributed by atoms with Gasteiger partial charge in [-0.15, -0.1) is 6.42 Å². The highest BCUT2D eigenvalue weighted by atomic mass is 35.5. The third-order valence-corrected chi connectivity index (χ3v) is 4.48. The number of terminal acetylenes is 1. The van der Waals surface area contributed by atoms with Crippen LogP contribution in [-0.2, 0) is 9.53 Å². The number of nitrogens with zero attached hydrogens (tertiary/aromatic N) is 1. The van der Waals surface area contributed by atoms with E-state index in [2.05, 4.69) is 5.92 Å². The summed E-state index contributed by atoms with van der Waals surface area (Å²) in [7, 11) is 1.50. The minimum Gasteiger partial charge on any atom is -0.478 e.